The third-order valence-electron chi connectivity index (χ3n) is 3.45. The fraction of sp³-hybridized carbons (Fsp3) is 0.333. The first kappa shape index (κ1) is 21.4. The van der Waals surface area contributed by atoms with Crippen molar-refractivity contribution in [3.63, 3.8) is 0 Å². The van der Waals surface area contributed by atoms with Crippen LogP contribution in [-0.2, 0) is 11.2 Å². The summed E-state index contributed by atoms with van der Waals surface area (Å²) < 4.78 is 0. The molecule has 0 bridgehead atoms. The van der Waals surface area contributed by atoms with Gasteiger partial charge in [0.2, 0.25) is 5.91 Å². The molecule has 2 rings (SSSR count). The van der Waals surface area contributed by atoms with Crippen LogP contribution >= 0.6 is 35.3 Å². The van der Waals surface area contributed by atoms with Crippen molar-refractivity contribution in [2.45, 2.75) is 13.3 Å². The lowest BCUT2D eigenvalue weighted by atomic mass is 10.1. The third-order valence-corrected chi connectivity index (χ3v) is 4.34. The van der Waals surface area contributed by atoms with Crippen molar-refractivity contribution < 1.29 is 4.79 Å². The number of nitrogens with one attached hydrogen (secondary N) is 3. The number of amides is 1. The minimum absolute atomic E-state index is 0. The molecule has 2 aromatic rings. The average molecular weight is 472 g/mol. The third kappa shape index (κ3) is 8.35. The zero-order chi connectivity index (χ0) is 17.2. The number of carbonyl (C=O) groups is 1. The molecule has 0 saturated carbocycles. The van der Waals surface area contributed by atoms with E-state index < -0.39 is 0 Å². The van der Waals surface area contributed by atoms with Crippen LogP contribution in [0, 0.1) is 5.92 Å². The number of thiophene rings is 1. The molecule has 1 atom stereocenters. The number of guanidine groups is 1. The fourth-order valence-corrected chi connectivity index (χ4v) is 3.10. The SMILES string of the molecule is CN=C(NCC(=O)Nc1ccccc1)NCC(C)Cc1cccs1.I. The Kier molecular flexibility index (Phi) is 10.2. The number of hydrogen-bond acceptors (Lipinski definition) is 3. The van der Waals surface area contributed by atoms with E-state index in [1.807, 2.05) is 30.3 Å². The Morgan fingerprint density at radius 2 is 1.92 bits per heavy atom. The Morgan fingerprint density at radius 1 is 1.16 bits per heavy atom. The van der Waals surface area contributed by atoms with Crippen LogP contribution in [0.3, 0.4) is 0 Å². The van der Waals surface area contributed by atoms with Gasteiger partial charge in [0.25, 0.3) is 0 Å². The Hall–Kier alpha value is -1.61. The van der Waals surface area contributed by atoms with Gasteiger partial charge >= 0.3 is 0 Å². The van der Waals surface area contributed by atoms with E-state index in [2.05, 4.69) is 45.4 Å². The zero-order valence-corrected chi connectivity index (χ0v) is 17.6. The summed E-state index contributed by atoms with van der Waals surface area (Å²) in [6.45, 7) is 3.17. The second kappa shape index (κ2) is 11.9. The molecule has 1 heterocycles. The van der Waals surface area contributed by atoms with Crippen molar-refractivity contribution in [3.05, 3.63) is 52.7 Å². The molecule has 3 N–H and O–H groups in total. The van der Waals surface area contributed by atoms with Gasteiger partial charge in [0.15, 0.2) is 5.96 Å². The Bertz CT molecular complexity index is 646. The summed E-state index contributed by atoms with van der Waals surface area (Å²) in [7, 11) is 1.70. The molecule has 0 spiro atoms. The van der Waals surface area contributed by atoms with Gasteiger partial charge in [-0.2, -0.15) is 0 Å². The van der Waals surface area contributed by atoms with Crippen molar-refractivity contribution in [1.82, 2.24) is 10.6 Å². The molecule has 1 unspecified atom stereocenters. The lowest BCUT2D eigenvalue weighted by Gasteiger charge is -2.15. The number of aliphatic imine (C=N–C) groups is 1. The standard InChI is InChI=1S/C18H24N4OS.HI/c1-14(11-16-9-6-10-24-16)12-20-18(19-2)21-13-17(23)22-15-7-4-3-5-8-15;/h3-10,14H,11-13H2,1-2H3,(H,22,23)(H2,19,20,21);1H. The molecule has 1 amide bonds. The largest absolute Gasteiger partial charge is 0.356 e. The number of hydrogen-bond donors (Lipinski definition) is 3. The summed E-state index contributed by atoms with van der Waals surface area (Å²) in [6, 6.07) is 13.6. The van der Waals surface area contributed by atoms with E-state index in [4.69, 9.17) is 0 Å². The van der Waals surface area contributed by atoms with Crippen LogP contribution in [0.5, 0.6) is 0 Å². The van der Waals surface area contributed by atoms with E-state index in [1.165, 1.54) is 4.88 Å². The second-order valence-electron chi connectivity index (χ2n) is 5.61. The summed E-state index contributed by atoms with van der Waals surface area (Å²) in [5, 5.41) is 11.2. The minimum atomic E-state index is -0.101. The highest BCUT2D eigenvalue weighted by Crippen LogP contribution is 2.13. The number of halogens is 1. The average Bonchev–Trinajstić information content (AvgIpc) is 3.09. The van der Waals surface area contributed by atoms with Crippen molar-refractivity contribution in [3.8, 4) is 0 Å². The summed E-state index contributed by atoms with van der Waals surface area (Å²) in [5.74, 6) is 1.02. The summed E-state index contributed by atoms with van der Waals surface area (Å²) in [4.78, 5) is 17.5. The second-order valence-corrected chi connectivity index (χ2v) is 6.64. The van der Waals surface area contributed by atoms with E-state index in [9.17, 15) is 4.79 Å². The number of anilines is 1. The monoisotopic (exact) mass is 472 g/mol. The molecule has 0 aliphatic heterocycles. The van der Waals surface area contributed by atoms with Crippen LogP contribution in [0.2, 0.25) is 0 Å². The predicted octanol–water partition coefficient (Wildman–Crippen LogP) is 3.35. The van der Waals surface area contributed by atoms with Crippen molar-refractivity contribution in [2.24, 2.45) is 10.9 Å². The van der Waals surface area contributed by atoms with E-state index in [-0.39, 0.29) is 36.4 Å². The Balaban J connectivity index is 0.00000312. The van der Waals surface area contributed by atoms with Gasteiger partial charge < -0.3 is 16.0 Å². The van der Waals surface area contributed by atoms with Crippen LogP contribution in [0.4, 0.5) is 5.69 Å². The highest BCUT2D eigenvalue weighted by molar-refractivity contribution is 14.0. The molecule has 5 nitrogen and oxygen atoms in total. The normalized spacial score (nSPS) is 12.0. The highest BCUT2D eigenvalue weighted by Gasteiger charge is 2.07. The first-order valence-electron chi connectivity index (χ1n) is 7.99. The van der Waals surface area contributed by atoms with Crippen molar-refractivity contribution in [1.29, 1.82) is 0 Å². The van der Waals surface area contributed by atoms with E-state index in [1.54, 1.807) is 18.4 Å². The number of para-hydroxylation sites is 1. The summed E-state index contributed by atoms with van der Waals surface area (Å²) in [5.41, 5.74) is 0.789. The molecule has 1 aromatic heterocycles. The minimum Gasteiger partial charge on any atom is -0.356 e. The molecular formula is C18H25IN4OS. The molecule has 136 valence electrons. The summed E-state index contributed by atoms with van der Waals surface area (Å²) in [6.07, 6.45) is 1.04. The van der Waals surface area contributed by atoms with Crippen LogP contribution in [0.25, 0.3) is 0 Å². The van der Waals surface area contributed by atoms with E-state index >= 15 is 0 Å². The highest BCUT2D eigenvalue weighted by atomic mass is 127. The maximum Gasteiger partial charge on any atom is 0.243 e. The van der Waals surface area contributed by atoms with Gasteiger partial charge in [-0.1, -0.05) is 31.2 Å². The Labute approximate surface area is 170 Å². The maximum atomic E-state index is 11.9. The van der Waals surface area contributed by atoms with Gasteiger partial charge in [0.1, 0.15) is 0 Å². The molecule has 0 aliphatic carbocycles. The lowest BCUT2D eigenvalue weighted by molar-refractivity contribution is -0.115. The van der Waals surface area contributed by atoms with Gasteiger partial charge in [0, 0.05) is 24.2 Å². The van der Waals surface area contributed by atoms with Gasteiger partial charge in [0.05, 0.1) is 6.54 Å². The molecule has 1 aromatic carbocycles. The molecular weight excluding hydrogens is 447 g/mol. The smallest absolute Gasteiger partial charge is 0.243 e. The predicted molar refractivity (Wildman–Crippen MR) is 117 cm³/mol. The van der Waals surface area contributed by atoms with Gasteiger partial charge in [-0.25, -0.2) is 0 Å². The molecule has 0 radical (unpaired) electrons. The zero-order valence-electron chi connectivity index (χ0n) is 14.5. The Morgan fingerprint density at radius 3 is 2.56 bits per heavy atom. The topological polar surface area (TPSA) is 65.5 Å². The summed E-state index contributed by atoms with van der Waals surface area (Å²) >= 11 is 1.78. The molecule has 0 aliphatic rings. The van der Waals surface area contributed by atoms with Crippen molar-refractivity contribution in [2.75, 3.05) is 25.5 Å². The number of rotatable bonds is 7. The lowest BCUT2D eigenvalue weighted by Crippen LogP contribution is -2.43. The van der Waals surface area contributed by atoms with Crippen molar-refractivity contribution >= 4 is 52.9 Å². The van der Waals surface area contributed by atoms with Crippen LogP contribution in [0.15, 0.2) is 52.8 Å². The van der Waals surface area contributed by atoms with Gasteiger partial charge in [-0.05, 0) is 35.9 Å². The van der Waals surface area contributed by atoms with Crippen LogP contribution in [0.1, 0.15) is 11.8 Å². The maximum absolute atomic E-state index is 11.9. The van der Waals surface area contributed by atoms with Gasteiger partial charge in [-0.15, -0.1) is 35.3 Å². The molecule has 0 saturated heterocycles. The van der Waals surface area contributed by atoms with E-state index in [0.29, 0.717) is 11.9 Å². The quantitative estimate of drug-likeness (QED) is 0.329. The molecule has 0 fully saturated rings. The molecule has 7 heteroatoms. The number of carbonyl (C=O) groups excluding carboxylic acids is 1. The number of benzene rings is 1. The first-order valence-corrected chi connectivity index (χ1v) is 8.87. The number of nitrogens with zero attached hydrogens (tertiary/aromatic N) is 1. The van der Waals surface area contributed by atoms with E-state index in [0.717, 1.165) is 18.7 Å². The fourth-order valence-electron chi connectivity index (χ4n) is 2.23. The van der Waals surface area contributed by atoms with Crippen LogP contribution < -0.4 is 16.0 Å². The van der Waals surface area contributed by atoms with Crippen LogP contribution in [-0.4, -0.2) is 32.0 Å². The molecule has 25 heavy (non-hydrogen) atoms. The first-order chi connectivity index (χ1) is 11.7. The van der Waals surface area contributed by atoms with Gasteiger partial charge in [-0.3, -0.25) is 9.79 Å².